The van der Waals surface area contributed by atoms with Crippen LogP contribution in [0.1, 0.15) is 19.8 Å². The van der Waals surface area contributed by atoms with Crippen molar-refractivity contribution < 1.29 is 9.47 Å². The minimum atomic E-state index is 0.578. The number of ether oxygens (including phenoxy) is 2. The highest BCUT2D eigenvalue weighted by Crippen LogP contribution is 2.18. The van der Waals surface area contributed by atoms with Crippen molar-refractivity contribution in [3.8, 4) is 0 Å². The number of hydrogen-bond donors (Lipinski definition) is 1. The van der Waals surface area contributed by atoms with Gasteiger partial charge in [-0.2, -0.15) is 0 Å². The van der Waals surface area contributed by atoms with E-state index in [1.807, 2.05) is 0 Å². The van der Waals surface area contributed by atoms with Gasteiger partial charge in [0.05, 0.1) is 25.9 Å². The van der Waals surface area contributed by atoms with Gasteiger partial charge in [-0.25, -0.2) is 0 Å². The van der Waals surface area contributed by atoms with Crippen molar-refractivity contribution in [2.75, 3.05) is 26.4 Å². The minimum Gasteiger partial charge on any atom is -0.381 e. The van der Waals surface area contributed by atoms with Gasteiger partial charge >= 0.3 is 0 Å². The van der Waals surface area contributed by atoms with Gasteiger partial charge in [0.25, 0.3) is 0 Å². The van der Waals surface area contributed by atoms with E-state index < -0.39 is 0 Å². The number of nitrogens with one attached hydrogen (secondary N) is 1. The number of rotatable bonds is 3. The summed E-state index contributed by atoms with van der Waals surface area (Å²) in [6.45, 7) is 5.92. The Morgan fingerprint density at radius 2 is 2.08 bits per heavy atom. The molecule has 13 heavy (non-hydrogen) atoms. The van der Waals surface area contributed by atoms with Crippen molar-refractivity contribution in [1.29, 1.82) is 0 Å². The van der Waals surface area contributed by atoms with Crippen LogP contribution in [-0.2, 0) is 9.47 Å². The van der Waals surface area contributed by atoms with Crippen LogP contribution in [0.5, 0.6) is 0 Å². The summed E-state index contributed by atoms with van der Waals surface area (Å²) in [5.41, 5.74) is 0. The second-order valence-corrected chi connectivity index (χ2v) is 4.17. The Kier molecular flexibility index (Phi) is 3.19. The minimum absolute atomic E-state index is 0.578. The van der Waals surface area contributed by atoms with E-state index in [0.29, 0.717) is 18.0 Å². The van der Waals surface area contributed by atoms with Crippen LogP contribution in [-0.4, -0.2) is 38.5 Å². The Labute approximate surface area is 79.8 Å². The molecule has 0 amide bonds. The molecule has 0 aromatic rings. The third-order valence-corrected chi connectivity index (χ3v) is 3.04. The maximum Gasteiger partial charge on any atom is 0.0643 e. The highest BCUT2D eigenvalue weighted by molar-refractivity contribution is 4.81. The molecule has 2 atom stereocenters. The molecule has 2 unspecified atom stereocenters. The fourth-order valence-corrected chi connectivity index (χ4v) is 2.00. The van der Waals surface area contributed by atoms with Gasteiger partial charge in [0.15, 0.2) is 0 Å². The number of hydrogen-bond acceptors (Lipinski definition) is 3. The Morgan fingerprint density at radius 3 is 2.62 bits per heavy atom. The Hall–Kier alpha value is -0.120. The molecule has 0 spiro atoms. The van der Waals surface area contributed by atoms with Gasteiger partial charge in [-0.15, -0.1) is 0 Å². The van der Waals surface area contributed by atoms with Crippen molar-refractivity contribution in [2.45, 2.75) is 31.8 Å². The summed E-state index contributed by atoms with van der Waals surface area (Å²) in [5, 5.41) is 3.58. The molecule has 0 radical (unpaired) electrons. The van der Waals surface area contributed by atoms with E-state index in [4.69, 9.17) is 9.47 Å². The van der Waals surface area contributed by atoms with Crippen LogP contribution in [0.4, 0.5) is 0 Å². The maximum absolute atomic E-state index is 5.47. The topological polar surface area (TPSA) is 30.5 Å². The SMILES string of the molecule is CC(NC1COC1)C1CCCOC1. The summed E-state index contributed by atoms with van der Waals surface area (Å²) in [6.07, 6.45) is 2.53. The molecule has 2 rings (SSSR count). The third kappa shape index (κ3) is 2.42. The van der Waals surface area contributed by atoms with Gasteiger partial charge < -0.3 is 14.8 Å². The molecule has 3 nitrogen and oxygen atoms in total. The lowest BCUT2D eigenvalue weighted by Crippen LogP contribution is -2.52. The summed E-state index contributed by atoms with van der Waals surface area (Å²) in [5.74, 6) is 0.703. The highest BCUT2D eigenvalue weighted by atomic mass is 16.5. The average molecular weight is 185 g/mol. The molecule has 2 aliphatic heterocycles. The van der Waals surface area contributed by atoms with Crippen LogP contribution in [0.15, 0.2) is 0 Å². The van der Waals surface area contributed by atoms with E-state index in [0.717, 1.165) is 26.4 Å². The van der Waals surface area contributed by atoms with Gasteiger partial charge in [-0.1, -0.05) is 0 Å². The molecule has 0 aliphatic carbocycles. The molecule has 3 heteroatoms. The molecule has 0 bridgehead atoms. The normalized spacial score (nSPS) is 32.5. The zero-order chi connectivity index (χ0) is 9.10. The molecule has 2 fully saturated rings. The maximum atomic E-state index is 5.47. The summed E-state index contributed by atoms with van der Waals surface area (Å²) in [4.78, 5) is 0. The summed E-state index contributed by atoms with van der Waals surface area (Å²) >= 11 is 0. The zero-order valence-electron chi connectivity index (χ0n) is 8.29. The first-order valence-corrected chi connectivity index (χ1v) is 5.28. The van der Waals surface area contributed by atoms with E-state index in [9.17, 15) is 0 Å². The smallest absolute Gasteiger partial charge is 0.0643 e. The molecular weight excluding hydrogens is 166 g/mol. The molecule has 0 saturated carbocycles. The van der Waals surface area contributed by atoms with Crippen molar-refractivity contribution >= 4 is 0 Å². The lowest BCUT2D eigenvalue weighted by Gasteiger charge is -2.35. The molecule has 76 valence electrons. The summed E-state index contributed by atoms with van der Waals surface area (Å²) in [7, 11) is 0. The fraction of sp³-hybridized carbons (Fsp3) is 1.00. The van der Waals surface area contributed by atoms with Gasteiger partial charge in [-0.05, 0) is 25.7 Å². The Bertz CT molecular complexity index is 153. The van der Waals surface area contributed by atoms with Crippen LogP contribution in [0.3, 0.4) is 0 Å². The van der Waals surface area contributed by atoms with E-state index in [1.165, 1.54) is 12.8 Å². The fourth-order valence-electron chi connectivity index (χ4n) is 2.00. The lowest BCUT2D eigenvalue weighted by molar-refractivity contribution is -0.0212. The summed E-state index contributed by atoms with van der Waals surface area (Å²) < 4.78 is 10.6. The van der Waals surface area contributed by atoms with E-state index >= 15 is 0 Å². The molecule has 0 aromatic carbocycles. The molecular formula is C10H19NO2. The first-order valence-electron chi connectivity index (χ1n) is 5.28. The average Bonchev–Trinajstić information content (AvgIpc) is 2.12. The van der Waals surface area contributed by atoms with E-state index in [1.54, 1.807) is 0 Å². The van der Waals surface area contributed by atoms with Crippen LogP contribution >= 0.6 is 0 Å². The van der Waals surface area contributed by atoms with Crippen LogP contribution in [0.25, 0.3) is 0 Å². The van der Waals surface area contributed by atoms with Gasteiger partial charge in [0.1, 0.15) is 0 Å². The first kappa shape index (κ1) is 9.44. The molecule has 2 aliphatic rings. The Balaban J connectivity index is 1.70. The van der Waals surface area contributed by atoms with Gasteiger partial charge in [0.2, 0.25) is 0 Å². The van der Waals surface area contributed by atoms with Crippen molar-refractivity contribution in [2.24, 2.45) is 5.92 Å². The lowest BCUT2D eigenvalue weighted by atomic mass is 9.94. The van der Waals surface area contributed by atoms with Gasteiger partial charge in [-0.3, -0.25) is 0 Å². The third-order valence-electron chi connectivity index (χ3n) is 3.04. The van der Waals surface area contributed by atoms with Crippen LogP contribution in [0.2, 0.25) is 0 Å². The first-order chi connectivity index (χ1) is 6.36. The second-order valence-electron chi connectivity index (χ2n) is 4.17. The van der Waals surface area contributed by atoms with Crippen molar-refractivity contribution in [3.05, 3.63) is 0 Å². The van der Waals surface area contributed by atoms with Crippen molar-refractivity contribution in [1.82, 2.24) is 5.32 Å². The zero-order valence-corrected chi connectivity index (χ0v) is 8.29. The highest BCUT2D eigenvalue weighted by Gasteiger charge is 2.25. The van der Waals surface area contributed by atoms with Crippen LogP contribution in [0, 0.1) is 5.92 Å². The second kappa shape index (κ2) is 4.40. The monoisotopic (exact) mass is 185 g/mol. The predicted octanol–water partition coefficient (Wildman–Crippen LogP) is 0.790. The molecule has 0 aromatic heterocycles. The molecule has 1 N–H and O–H groups in total. The van der Waals surface area contributed by atoms with Crippen molar-refractivity contribution in [3.63, 3.8) is 0 Å². The quantitative estimate of drug-likeness (QED) is 0.705. The summed E-state index contributed by atoms with van der Waals surface area (Å²) in [6, 6.07) is 1.17. The van der Waals surface area contributed by atoms with E-state index in [2.05, 4.69) is 12.2 Å². The van der Waals surface area contributed by atoms with E-state index in [-0.39, 0.29) is 0 Å². The van der Waals surface area contributed by atoms with Gasteiger partial charge in [0, 0.05) is 12.6 Å². The standard InChI is InChI=1S/C10H19NO2/c1-8(11-10-6-13-7-10)9-3-2-4-12-5-9/h8-11H,2-7H2,1H3. The molecule has 2 saturated heterocycles. The molecule has 2 heterocycles. The Morgan fingerprint density at radius 1 is 1.23 bits per heavy atom. The predicted molar refractivity (Wildman–Crippen MR) is 50.7 cm³/mol. The van der Waals surface area contributed by atoms with Crippen LogP contribution < -0.4 is 5.32 Å². The largest absolute Gasteiger partial charge is 0.381 e.